The first-order chi connectivity index (χ1) is 9.15. The van der Waals surface area contributed by atoms with Crippen LogP contribution in [0.3, 0.4) is 0 Å². The second-order valence-corrected chi connectivity index (χ2v) is 5.39. The first-order valence-electron chi connectivity index (χ1n) is 7.28. The summed E-state index contributed by atoms with van der Waals surface area (Å²) in [5.41, 5.74) is 7.26. The molecule has 0 aliphatic heterocycles. The largest absolute Gasteiger partial charge is 0.398 e. The lowest BCUT2D eigenvalue weighted by Crippen LogP contribution is -2.51. The van der Waals surface area contributed by atoms with Crippen LogP contribution >= 0.6 is 0 Å². The molecular weight excluding hydrogens is 238 g/mol. The van der Waals surface area contributed by atoms with Gasteiger partial charge in [-0.1, -0.05) is 26.7 Å². The van der Waals surface area contributed by atoms with Crippen molar-refractivity contribution in [1.82, 2.24) is 9.88 Å². The molecule has 1 aromatic heterocycles. The van der Waals surface area contributed by atoms with Crippen molar-refractivity contribution in [1.29, 1.82) is 0 Å². The third-order valence-electron chi connectivity index (χ3n) is 4.55. The van der Waals surface area contributed by atoms with E-state index >= 15 is 0 Å². The highest BCUT2D eigenvalue weighted by Gasteiger charge is 2.45. The molecule has 1 aliphatic carbocycles. The van der Waals surface area contributed by atoms with Crippen LogP contribution in [0.2, 0.25) is 0 Å². The van der Waals surface area contributed by atoms with E-state index in [1.165, 1.54) is 12.8 Å². The van der Waals surface area contributed by atoms with Gasteiger partial charge in [-0.15, -0.1) is 0 Å². The third kappa shape index (κ3) is 2.47. The molecule has 0 aromatic carbocycles. The van der Waals surface area contributed by atoms with E-state index in [-0.39, 0.29) is 5.54 Å². The van der Waals surface area contributed by atoms with Crippen LogP contribution in [0.4, 0.5) is 5.69 Å². The van der Waals surface area contributed by atoms with Gasteiger partial charge in [-0.3, -0.25) is 9.88 Å². The molecule has 1 heterocycles. The van der Waals surface area contributed by atoms with E-state index in [0.29, 0.717) is 5.69 Å². The Kier molecular flexibility index (Phi) is 4.42. The molecule has 1 atom stereocenters. The molecule has 1 saturated carbocycles. The zero-order valence-electron chi connectivity index (χ0n) is 12.0. The minimum atomic E-state index is -0.552. The standard InChI is InChI=1S/C15H25N3O/c1-3-18(4-2)15(8-5-6-9-15)14(19)12-11-17-10-7-13(12)16/h7,10-11,14,19H,3-6,8-9H2,1-2H3,(H2,16,17). The molecular formula is C15H25N3O. The summed E-state index contributed by atoms with van der Waals surface area (Å²) in [4.78, 5) is 6.51. The summed E-state index contributed by atoms with van der Waals surface area (Å²) in [7, 11) is 0. The Balaban J connectivity index is 2.37. The zero-order chi connectivity index (χ0) is 13.9. The van der Waals surface area contributed by atoms with E-state index in [9.17, 15) is 5.11 Å². The minimum Gasteiger partial charge on any atom is -0.398 e. The quantitative estimate of drug-likeness (QED) is 0.856. The molecule has 3 N–H and O–H groups in total. The molecule has 1 aromatic rings. The third-order valence-corrected chi connectivity index (χ3v) is 4.55. The summed E-state index contributed by atoms with van der Waals surface area (Å²) in [6, 6.07) is 1.77. The Bertz CT molecular complexity index is 412. The van der Waals surface area contributed by atoms with Gasteiger partial charge >= 0.3 is 0 Å². The molecule has 19 heavy (non-hydrogen) atoms. The number of nitrogens with two attached hydrogens (primary N) is 1. The van der Waals surface area contributed by atoms with Crippen LogP contribution in [0.15, 0.2) is 18.5 Å². The van der Waals surface area contributed by atoms with Gasteiger partial charge in [0.05, 0.1) is 5.54 Å². The smallest absolute Gasteiger partial charge is 0.101 e. The molecule has 0 radical (unpaired) electrons. The second kappa shape index (κ2) is 5.88. The summed E-state index contributed by atoms with van der Waals surface area (Å²) in [5, 5.41) is 10.9. The number of anilines is 1. The number of likely N-dealkylation sites (N-methyl/N-ethyl adjacent to an activating group) is 1. The van der Waals surface area contributed by atoms with Crippen molar-refractivity contribution in [3.63, 3.8) is 0 Å². The predicted molar refractivity (Wildman–Crippen MR) is 77.7 cm³/mol. The van der Waals surface area contributed by atoms with Crippen molar-refractivity contribution in [3.05, 3.63) is 24.0 Å². The number of aliphatic hydroxyl groups is 1. The maximum absolute atomic E-state index is 10.9. The van der Waals surface area contributed by atoms with Crippen LogP contribution in [-0.2, 0) is 0 Å². The maximum atomic E-state index is 10.9. The highest BCUT2D eigenvalue weighted by molar-refractivity contribution is 5.47. The molecule has 106 valence electrons. The molecule has 4 heteroatoms. The number of nitrogens with zero attached hydrogens (tertiary/aromatic N) is 2. The number of hydrogen-bond acceptors (Lipinski definition) is 4. The summed E-state index contributed by atoms with van der Waals surface area (Å²) < 4.78 is 0. The van der Waals surface area contributed by atoms with Crippen molar-refractivity contribution in [2.45, 2.75) is 51.2 Å². The van der Waals surface area contributed by atoms with Crippen molar-refractivity contribution in [2.75, 3.05) is 18.8 Å². The molecule has 1 fully saturated rings. The topological polar surface area (TPSA) is 62.4 Å². The SMILES string of the molecule is CCN(CC)C1(C(O)c2cnccc2N)CCCC1. The molecule has 1 unspecified atom stereocenters. The van der Waals surface area contributed by atoms with Gasteiger partial charge in [0.2, 0.25) is 0 Å². The van der Waals surface area contributed by atoms with Gasteiger partial charge in [-0.2, -0.15) is 0 Å². The van der Waals surface area contributed by atoms with E-state index in [1.807, 2.05) is 0 Å². The molecule has 2 rings (SSSR count). The molecule has 1 aliphatic rings. The average molecular weight is 263 g/mol. The van der Waals surface area contributed by atoms with Crippen LogP contribution < -0.4 is 5.73 Å². The fourth-order valence-electron chi connectivity index (χ4n) is 3.54. The van der Waals surface area contributed by atoms with Gasteiger partial charge in [0.25, 0.3) is 0 Å². The monoisotopic (exact) mass is 263 g/mol. The number of rotatable bonds is 5. The lowest BCUT2D eigenvalue weighted by atomic mass is 9.84. The minimum absolute atomic E-state index is 0.166. The van der Waals surface area contributed by atoms with E-state index in [2.05, 4.69) is 23.7 Å². The lowest BCUT2D eigenvalue weighted by molar-refractivity contribution is -0.0266. The van der Waals surface area contributed by atoms with E-state index < -0.39 is 6.10 Å². The Morgan fingerprint density at radius 2 is 2.00 bits per heavy atom. The second-order valence-electron chi connectivity index (χ2n) is 5.39. The van der Waals surface area contributed by atoms with Crippen molar-refractivity contribution < 1.29 is 5.11 Å². The van der Waals surface area contributed by atoms with Crippen molar-refractivity contribution in [3.8, 4) is 0 Å². The Morgan fingerprint density at radius 3 is 2.53 bits per heavy atom. The fourth-order valence-corrected chi connectivity index (χ4v) is 3.54. The predicted octanol–water partition coefficient (Wildman–Crippen LogP) is 2.35. The summed E-state index contributed by atoms with van der Waals surface area (Å²) in [5.74, 6) is 0. The first kappa shape index (κ1) is 14.3. The highest BCUT2D eigenvalue weighted by Crippen LogP contribution is 2.45. The molecule has 0 amide bonds. The van der Waals surface area contributed by atoms with Crippen LogP contribution in [0, 0.1) is 0 Å². The van der Waals surface area contributed by atoms with E-state index in [0.717, 1.165) is 31.5 Å². The summed E-state index contributed by atoms with van der Waals surface area (Å²) in [6.07, 6.45) is 7.24. The van der Waals surface area contributed by atoms with Gasteiger partial charge in [-0.05, 0) is 32.0 Å². The number of aromatic nitrogens is 1. The molecule has 0 spiro atoms. The van der Waals surface area contributed by atoms with Gasteiger partial charge < -0.3 is 10.8 Å². The van der Waals surface area contributed by atoms with Crippen molar-refractivity contribution >= 4 is 5.69 Å². The summed E-state index contributed by atoms with van der Waals surface area (Å²) >= 11 is 0. The van der Waals surface area contributed by atoms with Crippen LogP contribution in [-0.4, -0.2) is 33.6 Å². The number of nitrogen functional groups attached to an aromatic ring is 1. The highest BCUT2D eigenvalue weighted by atomic mass is 16.3. The Morgan fingerprint density at radius 1 is 1.37 bits per heavy atom. The van der Waals surface area contributed by atoms with Crippen LogP contribution in [0.25, 0.3) is 0 Å². The van der Waals surface area contributed by atoms with Crippen molar-refractivity contribution in [2.24, 2.45) is 0 Å². The summed E-state index contributed by atoms with van der Waals surface area (Å²) in [6.45, 7) is 6.22. The van der Waals surface area contributed by atoms with E-state index in [4.69, 9.17) is 5.73 Å². The number of aliphatic hydroxyl groups excluding tert-OH is 1. The van der Waals surface area contributed by atoms with Gasteiger partial charge in [-0.25, -0.2) is 0 Å². The van der Waals surface area contributed by atoms with E-state index in [1.54, 1.807) is 18.5 Å². The average Bonchev–Trinajstić information content (AvgIpc) is 2.90. The van der Waals surface area contributed by atoms with Crippen LogP contribution in [0.1, 0.15) is 51.2 Å². The Hall–Kier alpha value is -1.13. The van der Waals surface area contributed by atoms with Gasteiger partial charge in [0.15, 0.2) is 0 Å². The van der Waals surface area contributed by atoms with Gasteiger partial charge in [0, 0.05) is 23.6 Å². The lowest BCUT2D eigenvalue weighted by Gasteiger charge is -2.44. The molecule has 0 saturated heterocycles. The Labute approximate surface area is 115 Å². The molecule has 0 bridgehead atoms. The zero-order valence-corrected chi connectivity index (χ0v) is 12.0. The maximum Gasteiger partial charge on any atom is 0.101 e. The normalized spacial score (nSPS) is 19.8. The first-order valence-corrected chi connectivity index (χ1v) is 7.28. The fraction of sp³-hybridized carbons (Fsp3) is 0.667. The molecule has 4 nitrogen and oxygen atoms in total. The van der Waals surface area contributed by atoms with Gasteiger partial charge in [0.1, 0.15) is 6.10 Å². The number of pyridine rings is 1. The van der Waals surface area contributed by atoms with Crippen LogP contribution in [0.5, 0.6) is 0 Å². The number of hydrogen-bond donors (Lipinski definition) is 2.